The molecule has 0 atom stereocenters. The first-order valence-corrected chi connectivity index (χ1v) is 8.45. The second-order valence-corrected chi connectivity index (χ2v) is 6.36. The summed E-state index contributed by atoms with van der Waals surface area (Å²) < 4.78 is 0. The molecule has 1 aliphatic rings. The van der Waals surface area contributed by atoms with Gasteiger partial charge in [-0.15, -0.1) is 0 Å². The molecule has 2 aromatic rings. The van der Waals surface area contributed by atoms with Crippen molar-refractivity contribution in [2.45, 2.75) is 19.4 Å². The number of nitrogens with two attached hydrogens (primary N) is 1. The lowest BCUT2D eigenvalue weighted by Crippen LogP contribution is -2.21. The largest absolute Gasteiger partial charge is 0.368 e. The molecule has 0 saturated carbocycles. The van der Waals surface area contributed by atoms with Crippen molar-refractivity contribution in [1.82, 2.24) is 20.2 Å². The fraction of sp³-hybridized carbons (Fsp3) is 0.389. The molecule has 1 amide bonds. The van der Waals surface area contributed by atoms with E-state index in [0.29, 0.717) is 18.1 Å². The maximum atomic E-state index is 12.1. The Morgan fingerprint density at radius 2 is 2.08 bits per heavy atom. The van der Waals surface area contributed by atoms with Gasteiger partial charge in [0.15, 0.2) is 0 Å². The van der Waals surface area contributed by atoms with Gasteiger partial charge >= 0.3 is 0 Å². The lowest BCUT2D eigenvalue weighted by atomic mass is 10.1. The van der Waals surface area contributed by atoms with Gasteiger partial charge in [-0.3, -0.25) is 4.79 Å². The van der Waals surface area contributed by atoms with Crippen LogP contribution >= 0.6 is 0 Å². The summed E-state index contributed by atoms with van der Waals surface area (Å²) in [7, 11) is 3.50. The van der Waals surface area contributed by atoms with E-state index in [0.717, 1.165) is 48.6 Å². The molecule has 7 heteroatoms. The first-order valence-electron chi connectivity index (χ1n) is 8.45. The van der Waals surface area contributed by atoms with Crippen LogP contribution in [-0.2, 0) is 19.4 Å². The number of carbonyl (C=O) groups is 1. The molecule has 7 nitrogen and oxygen atoms in total. The smallest absolute Gasteiger partial charge is 0.253 e. The molecule has 0 aliphatic carbocycles. The van der Waals surface area contributed by atoms with Gasteiger partial charge in [-0.25, -0.2) is 4.98 Å². The summed E-state index contributed by atoms with van der Waals surface area (Å²) >= 11 is 0. The van der Waals surface area contributed by atoms with Crippen LogP contribution in [0.15, 0.2) is 24.3 Å². The van der Waals surface area contributed by atoms with Gasteiger partial charge in [-0.2, -0.15) is 4.98 Å². The third kappa shape index (κ3) is 4.06. The van der Waals surface area contributed by atoms with E-state index in [-0.39, 0.29) is 5.91 Å². The molecule has 0 saturated heterocycles. The third-order valence-corrected chi connectivity index (χ3v) is 4.24. The van der Waals surface area contributed by atoms with E-state index in [1.165, 1.54) is 0 Å². The Kier molecular flexibility index (Phi) is 5.14. The SMILES string of the molecule is CN(C)C(=O)c1cccc(CNc2nc(N)nc3c2CCNCC3)c1. The van der Waals surface area contributed by atoms with Gasteiger partial charge in [-0.1, -0.05) is 12.1 Å². The van der Waals surface area contributed by atoms with Crippen molar-refractivity contribution in [2.75, 3.05) is 38.2 Å². The number of anilines is 2. The Bertz CT molecular complexity index is 774. The third-order valence-electron chi connectivity index (χ3n) is 4.24. The van der Waals surface area contributed by atoms with Crippen LogP contribution < -0.4 is 16.4 Å². The second kappa shape index (κ2) is 7.48. The summed E-state index contributed by atoms with van der Waals surface area (Å²) in [6.45, 7) is 2.38. The summed E-state index contributed by atoms with van der Waals surface area (Å²) in [6.07, 6.45) is 1.72. The minimum Gasteiger partial charge on any atom is -0.368 e. The average molecular weight is 340 g/mol. The highest BCUT2D eigenvalue weighted by molar-refractivity contribution is 5.94. The number of aromatic nitrogens is 2. The number of rotatable bonds is 4. The number of nitrogen functional groups attached to an aromatic ring is 1. The van der Waals surface area contributed by atoms with Crippen molar-refractivity contribution in [3.05, 3.63) is 46.6 Å². The molecule has 4 N–H and O–H groups in total. The van der Waals surface area contributed by atoms with Crippen LogP contribution in [0.25, 0.3) is 0 Å². The highest BCUT2D eigenvalue weighted by Gasteiger charge is 2.16. The fourth-order valence-corrected chi connectivity index (χ4v) is 2.97. The van der Waals surface area contributed by atoms with Crippen LogP contribution in [0.2, 0.25) is 0 Å². The molecule has 0 spiro atoms. The van der Waals surface area contributed by atoms with Gasteiger partial charge in [0.2, 0.25) is 5.95 Å². The van der Waals surface area contributed by atoms with E-state index in [1.54, 1.807) is 19.0 Å². The Hall–Kier alpha value is -2.67. The number of carbonyl (C=O) groups excluding carboxylic acids is 1. The molecule has 1 aromatic heterocycles. The minimum absolute atomic E-state index is 0.00641. The van der Waals surface area contributed by atoms with Gasteiger partial charge in [-0.05, 0) is 30.7 Å². The molecule has 132 valence electrons. The number of nitrogens with one attached hydrogen (secondary N) is 2. The molecular formula is C18H24N6O. The summed E-state index contributed by atoms with van der Waals surface area (Å²) in [5.41, 5.74) is 9.70. The van der Waals surface area contributed by atoms with Crippen molar-refractivity contribution < 1.29 is 4.79 Å². The van der Waals surface area contributed by atoms with Gasteiger partial charge in [0, 0.05) is 44.7 Å². The van der Waals surface area contributed by atoms with Crippen LogP contribution in [-0.4, -0.2) is 48.0 Å². The summed E-state index contributed by atoms with van der Waals surface area (Å²) in [4.78, 5) is 22.4. The molecule has 0 bridgehead atoms. The zero-order valence-electron chi connectivity index (χ0n) is 14.7. The van der Waals surface area contributed by atoms with Gasteiger partial charge in [0.25, 0.3) is 5.91 Å². The molecule has 0 fully saturated rings. The number of nitrogens with zero attached hydrogens (tertiary/aromatic N) is 3. The number of amides is 1. The Morgan fingerprint density at radius 1 is 1.28 bits per heavy atom. The van der Waals surface area contributed by atoms with Crippen molar-refractivity contribution in [3.8, 4) is 0 Å². The highest BCUT2D eigenvalue weighted by atomic mass is 16.2. The number of benzene rings is 1. The summed E-state index contributed by atoms with van der Waals surface area (Å²) in [5.74, 6) is 1.07. The monoisotopic (exact) mass is 340 g/mol. The summed E-state index contributed by atoms with van der Waals surface area (Å²) in [5, 5.41) is 6.74. The average Bonchev–Trinajstić information content (AvgIpc) is 2.84. The Labute approximate surface area is 147 Å². The van der Waals surface area contributed by atoms with Crippen molar-refractivity contribution in [3.63, 3.8) is 0 Å². The van der Waals surface area contributed by atoms with Crippen LogP contribution in [0, 0.1) is 0 Å². The standard InChI is InChI=1S/C18H24N6O/c1-24(2)17(25)13-5-3-4-12(10-13)11-21-16-14-6-8-20-9-7-15(14)22-18(19)23-16/h3-5,10,20H,6-9,11H2,1-2H3,(H3,19,21,22,23). The Balaban J connectivity index is 1.79. The number of fused-ring (bicyclic) bond motifs is 1. The normalized spacial score (nSPS) is 13.7. The van der Waals surface area contributed by atoms with Crippen LogP contribution in [0.1, 0.15) is 27.2 Å². The number of hydrogen-bond donors (Lipinski definition) is 3. The van der Waals surface area contributed by atoms with Crippen LogP contribution in [0.5, 0.6) is 0 Å². The van der Waals surface area contributed by atoms with Gasteiger partial charge in [0.05, 0.1) is 5.69 Å². The second-order valence-electron chi connectivity index (χ2n) is 6.36. The van der Waals surface area contributed by atoms with E-state index >= 15 is 0 Å². The molecular weight excluding hydrogens is 316 g/mol. The predicted octanol–water partition coefficient (Wildman–Crippen LogP) is 1.06. The maximum absolute atomic E-state index is 12.1. The quantitative estimate of drug-likeness (QED) is 0.770. The molecule has 2 heterocycles. The van der Waals surface area contributed by atoms with E-state index < -0.39 is 0 Å². The zero-order valence-corrected chi connectivity index (χ0v) is 14.7. The van der Waals surface area contributed by atoms with Crippen LogP contribution in [0.4, 0.5) is 11.8 Å². The van der Waals surface area contributed by atoms with Crippen molar-refractivity contribution in [1.29, 1.82) is 0 Å². The van der Waals surface area contributed by atoms with Crippen LogP contribution in [0.3, 0.4) is 0 Å². The fourth-order valence-electron chi connectivity index (χ4n) is 2.97. The molecule has 1 aromatic carbocycles. The Morgan fingerprint density at radius 3 is 2.88 bits per heavy atom. The van der Waals surface area contributed by atoms with Crippen molar-refractivity contribution >= 4 is 17.7 Å². The first kappa shape index (κ1) is 17.2. The lowest BCUT2D eigenvalue weighted by Gasteiger charge is -2.14. The molecule has 25 heavy (non-hydrogen) atoms. The number of hydrogen-bond acceptors (Lipinski definition) is 6. The van der Waals surface area contributed by atoms with Crippen molar-refractivity contribution in [2.24, 2.45) is 0 Å². The van der Waals surface area contributed by atoms with E-state index in [2.05, 4.69) is 20.6 Å². The van der Waals surface area contributed by atoms with E-state index in [9.17, 15) is 4.79 Å². The van der Waals surface area contributed by atoms with Gasteiger partial charge in [0.1, 0.15) is 5.82 Å². The molecule has 0 unspecified atom stereocenters. The lowest BCUT2D eigenvalue weighted by molar-refractivity contribution is 0.0827. The first-order chi connectivity index (χ1) is 12.0. The topological polar surface area (TPSA) is 96.2 Å². The zero-order chi connectivity index (χ0) is 17.8. The maximum Gasteiger partial charge on any atom is 0.253 e. The molecule has 1 aliphatic heterocycles. The molecule has 0 radical (unpaired) electrons. The predicted molar refractivity (Wildman–Crippen MR) is 98.5 cm³/mol. The van der Waals surface area contributed by atoms with Gasteiger partial charge < -0.3 is 21.3 Å². The summed E-state index contributed by atoms with van der Waals surface area (Å²) in [6, 6.07) is 7.61. The molecule has 3 rings (SSSR count). The highest BCUT2D eigenvalue weighted by Crippen LogP contribution is 2.21. The van der Waals surface area contributed by atoms with E-state index in [1.807, 2.05) is 24.3 Å². The van der Waals surface area contributed by atoms with E-state index in [4.69, 9.17) is 5.73 Å². The minimum atomic E-state index is -0.00641.